The summed E-state index contributed by atoms with van der Waals surface area (Å²) in [6, 6.07) is 15.4. The number of nitrogens with zero attached hydrogens (tertiary/aromatic N) is 2. The molecule has 0 spiro atoms. The highest BCUT2D eigenvalue weighted by molar-refractivity contribution is 6.74. The second-order valence-electron chi connectivity index (χ2n) is 13.6. The van der Waals surface area contributed by atoms with Gasteiger partial charge in [0.2, 0.25) is 5.91 Å². The minimum Gasteiger partial charge on any atom is -0.497 e. The molecule has 48 heavy (non-hydrogen) atoms. The van der Waals surface area contributed by atoms with Crippen molar-refractivity contribution in [2.75, 3.05) is 28.4 Å². The summed E-state index contributed by atoms with van der Waals surface area (Å²) in [6.07, 6.45) is 3.21. The van der Waals surface area contributed by atoms with Gasteiger partial charge in [-0.25, -0.2) is 4.98 Å². The van der Waals surface area contributed by atoms with Crippen molar-refractivity contribution in [2.45, 2.75) is 77.7 Å². The summed E-state index contributed by atoms with van der Waals surface area (Å²) in [7, 11) is 4.12. The highest BCUT2D eigenvalue weighted by Crippen LogP contribution is 2.45. The standard InChI is InChI=1S/C37H50ClN3O6Si/c1-24(21-25-15-17-30(45-7)36(46-8)33(25)38)14-19-32(42)39-23-28-34(41-20-12-11-13-31(41)40-28)35(47-48(9,10)37(2,3)4)27-22-26(43-5)16-18-29(27)44-6/h11-13,15-18,20,22,24,35H,14,19,21,23H2,1-10H3,(H,39,42). The van der Waals surface area contributed by atoms with Crippen LogP contribution >= 0.6 is 11.6 Å². The average molecular weight is 696 g/mol. The second-order valence-corrected chi connectivity index (χ2v) is 18.8. The third-order valence-corrected chi connectivity index (χ3v) is 14.1. The topological polar surface area (TPSA) is 92.5 Å². The number of halogens is 1. The molecule has 2 heterocycles. The number of rotatable bonds is 15. The summed E-state index contributed by atoms with van der Waals surface area (Å²) in [4.78, 5) is 18.3. The van der Waals surface area contributed by atoms with Gasteiger partial charge < -0.3 is 33.1 Å². The van der Waals surface area contributed by atoms with Crippen LogP contribution in [0.4, 0.5) is 0 Å². The van der Waals surface area contributed by atoms with Crippen molar-refractivity contribution in [1.82, 2.24) is 14.7 Å². The third-order valence-electron chi connectivity index (χ3n) is 9.28. The molecule has 11 heteroatoms. The van der Waals surface area contributed by atoms with E-state index in [1.807, 2.05) is 59.1 Å². The van der Waals surface area contributed by atoms with Gasteiger partial charge in [-0.05, 0) is 78.9 Å². The highest BCUT2D eigenvalue weighted by Gasteiger charge is 2.42. The lowest BCUT2D eigenvalue weighted by atomic mass is 9.96. The second kappa shape index (κ2) is 15.7. The normalized spacial score (nSPS) is 13.2. The van der Waals surface area contributed by atoms with Crippen LogP contribution in [0.1, 0.15) is 69.2 Å². The molecule has 0 radical (unpaired) electrons. The molecule has 0 aliphatic carbocycles. The van der Waals surface area contributed by atoms with Crippen molar-refractivity contribution >= 4 is 31.5 Å². The van der Waals surface area contributed by atoms with Crippen molar-refractivity contribution in [3.05, 3.63) is 82.3 Å². The number of methoxy groups -OCH3 is 4. The zero-order chi connectivity index (χ0) is 35.2. The molecule has 0 aliphatic rings. The maximum Gasteiger partial charge on any atom is 0.220 e. The molecule has 2 aromatic heterocycles. The number of imidazole rings is 1. The van der Waals surface area contributed by atoms with Crippen LogP contribution in [0.5, 0.6) is 23.0 Å². The van der Waals surface area contributed by atoms with Gasteiger partial charge >= 0.3 is 0 Å². The van der Waals surface area contributed by atoms with Crippen LogP contribution in [-0.2, 0) is 22.2 Å². The van der Waals surface area contributed by atoms with Gasteiger partial charge in [-0.1, -0.05) is 51.4 Å². The predicted octanol–water partition coefficient (Wildman–Crippen LogP) is 8.41. The minimum absolute atomic E-state index is 0.0518. The van der Waals surface area contributed by atoms with Gasteiger partial charge in [0.25, 0.3) is 0 Å². The van der Waals surface area contributed by atoms with E-state index in [2.05, 4.69) is 46.1 Å². The number of amides is 1. The smallest absolute Gasteiger partial charge is 0.220 e. The van der Waals surface area contributed by atoms with Crippen LogP contribution in [0, 0.1) is 5.92 Å². The first kappa shape index (κ1) is 37.1. The molecule has 2 atom stereocenters. The number of benzene rings is 2. The maximum atomic E-state index is 13.3. The average Bonchev–Trinajstić information content (AvgIpc) is 3.43. The van der Waals surface area contributed by atoms with Crippen LogP contribution in [0.3, 0.4) is 0 Å². The fourth-order valence-corrected chi connectivity index (χ4v) is 6.96. The number of nitrogens with one attached hydrogen (secondary N) is 1. The number of carbonyl (C=O) groups is 1. The summed E-state index contributed by atoms with van der Waals surface area (Å²) in [5.74, 6) is 2.65. The van der Waals surface area contributed by atoms with Crippen molar-refractivity contribution in [3.63, 3.8) is 0 Å². The van der Waals surface area contributed by atoms with Gasteiger partial charge in [0.05, 0.1) is 51.4 Å². The number of carbonyl (C=O) groups excluding carboxylic acids is 1. The Bertz CT molecular complexity index is 1720. The largest absolute Gasteiger partial charge is 0.497 e. The quantitative estimate of drug-likeness (QED) is 0.125. The van der Waals surface area contributed by atoms with Crippen LogP contribution in [0.15, 0.2) is 54.7 Å². The number of pyridine rings is 1. The first-order valence-electron chi connectivity index (χ1n) is 16.3. The summed E-state index contributed by atoms with van der Waals surface area (Å²) >= 11 is 6.62. The molecule has 0 bridgehead atoms. The molecular formula is C37H50ClN3O6Si. The van der Waals surface area contributed by atoms with Crippen LogP contribution < -0.4 is 24.3 Å². The van der Waals surface area contributed by atoms with E-state index in [9.17, 15) is 4.79 Å². The molecular weight excluding hydrogens is 646 g/mol. The maximum absolute atomic E-state index is 13.3. The van der Waals surface area contributed by atoms with E-state index in [-0.39, 0.29) is 23.4 Å². The number of aromatic nitrogens is 2. The Morgan fingerprint density at radius 1 is 0.979 bits per heavy atom. The molecule has 4 rings (SSSR count). The molecule has 260 valence electrons. The molecule has 1 amide bonds. The van der Waals surface area contributed by atoms with Gasteiger partial charge in [-0.15, -0.1) is 0 Å². The lowest BCUT2D eigenvalue weighted by Crippen LogP contribution is -2.42. The third kappa shape index (κ3) is 8.27. The lowest BCUT2D eigenvalue weighted by Gasteiger charge is -2.39. The van der Waals surface area contributed by atoms with Crippen molar-refractivity contribution in [1.29, 1.82) is 0 Å². The Morgan fingerprint density at radius 2 is 1.69 bits per heavy atom. The van der Waals surface area contributed by atoms with E-state index < -0.39 is 14.4 Å². The Labute approximate surface area is 291 Å². The SMILES string of the molecule is COc1ccc(OC)c(C(O[Si](C)(C)C(C)(C)C)c2c(CNC(=O)CCC(C)Cc3ccc(OC)c(OC)c3Cl)nc3ccccn23)c1. The minimum atomic E-state index is -2.35. The molecule has 2 aromatic carbocycles. The van der Waals surface area contributed by atoms with Gasteiger partial charge in [-0.3, -0.25) is 4.79 Å². The molecule has 0 aliphatic heterocycles. The number of fused-ring (bicyclic) bond motifs is 1. The number of ether oxygens (including phenoxy) is 4. The van der Waals surface area contributed by atoms with Crippen LogP contribution in [0.2, 0.25) is 23.2 Å². The first-order chi connectivity index (χ1) is 22.7. The van der Waals surface area contributed by atoms with Crippen LogP contribution in [0.25, 0.3) is 5.65 Å². The number of hydrogen-bond donors (Lipinski definition) is 1. The summed E-state index contributed by atoms with van der Waals surface area (Å²) in [6.45, 7) is 13.5. The number of hydrogen-bond acceptors (Lipinski definition) is 7. The summed E-state index contributed by atoms with van der Waals surface area (Å²) in [5.41, 5.74) is 4.13. The zero-order valence-corrected chi connectivity index (χ0v) is 31.7. The molecule has 4 aromatic rings. The molecule has 9 nitrogen and oxygen atoms in total. The van der Waals surface area contributed by atoms with Gasteiger partial charge in [0.15, 0.2) is 19.8 Å². The first-order valence-corrected chi connectivity index (χ1v) is 19.5. The zero-order valence-electron chi connectivity index (χ0n) is 29.9. The predicted molar refractivity (Wildman–Crippen MR) is 193 cm³/mol. The van der Waals surface area contributed by atoms with E-state index in [4.69, 9.17) is 40.0 Å². The van der Waals surface area contributed by atoms with E-state index in [0.717, 1.165) is 28.2 Å². The Kier molecular flexibility index (Phi) is 12.1. The Hall–Kier alpha value is -3.73. The van der Waals surface area contributed by atoms with Crippen molar-refractivity contribution in [2.24, 2.45) is 5.92 Å². The Morgan fingerprint density at radius 3 is 2.33 bits per heavy atom. The van der Waals surface area contributed by atoms with Crippen molar-refractivity contribution < 1.29 is 28.2 Å². The Balaban J connectivity index is 1.60. The van der Waals surface area contributed by atoms with E-state index in [1.165, 1.54) is 0 Å². The highest BCUT2D eigenvalue weighted by atomic mass is 35.5. The van der Waals surface area contributed by atoms with Crippen LogP contribution in [-0.4, -0.2) is 52.0 Å². The fraction of sp³-hybridized carbons (Fsp3) is 0.459. The molecule has 1 N–H and O–H groups in total. The molecule has 2 unspecified atom stereocenters. The van der Waals surface area contributed by atoms with Gasteiger partial charge in [0.1, 0.15) is 23.3 Å². The van der Waals surface area contributed by atoms with Gasteiger partial charge in [0, 0.05) is 18.2 Å². The van der Waals surface area contributed by atoms with Gasteiger partial charge in [-0.2, -0.15) is 0 Å². The summed E-state index contributed by atoms with van der Waals surface area (Å²) in [5, 5.41) is 3.61. The molecule has 0 saturated heterocycles. The van der Waals surface area contributed by atoms with E-state index in [0.29, 0.717) is 47.3 Å². The van der Waals surface area contributed by atoms with E-state index >= 15 is 0 Å². The summed E-state index contributed by atoms with van der Waals surface area (Å²) < 4.78 is 31.6. The fourth-order valence-electron chi connectivity index (χ4n) is 5.47. The van der Waals surface area contributed by atoms with E-state index in [1.54, 1.807) is 28.4 Å². The molecule has 0 saturated carbocycles. The monoisotopic (exact) mass is 695 g/mol. The molecule has 0 fully saturated rings. The van der Waals surface area contributed by atoms with Crippen molar-refractivity contribution in [3.8, 4) is 23.0 Å². The lowest BCUT2D eigenvalue weighted by molar-refractivity contribution is -0.121.